The molecule has 2 N–H and O–H groups in total. The molecule has 0 aliphatic carbocycles. The summed E-state index contributed by atoms with van der Waals surface area (Å²) in [6.45, 7) is 1.74. The van der Waals surface area contributed by atoms with Gasteiger partial charge in [-0.15, -0.1) is 12.4 Å². The summed E-state index contributed by atoms with van der Waals surface area (Å²) >= 11 is 0. The van der Waals surface area contributed by atoms with Crippen LogP contribution in [0.3, 0.4) is 0 Å². The van der Waals surface area contributed by atoms with Crippen molar-refractivity contribution in [1.29, 1.82) is 0 Å². The lowest BCUT2D eigenvalue weighted by Crippen LogP contribution is -2.41. The molecule has 0 saturated carbocycles. The minimum absolute atomic E-state index is 0. The Labute approximate surface area is 118 Å². The average molecular weight is 289 g/mol. The van der Waals surface area contributed by atoms with E-state index in [9.17, 15) is 9.18 Å². The van der Waals surface area contributed by atoms with Gasteiger partial charge in [-0.3, -0.25) is 4.79 Å². The standard InChI is InChI=1S/C13H17FN2O2.ClH/c14-10-3-5-11(6-4-10)18-9-8-16-13(17)12-2-1-7-15-12;/h3-6,12,15H,1-2,7-9H2,(H,16,17);1H. The zero-order valence-electron chi connectivity index (χ0n) is 10.5. The minimum atomic E-state index is -0.289. The van der Waals surface area contributed by atoms with Crippen LogP contribution in [0.25, 0.3) is 0 Å². The highest BCUT2D eigenvalue weighted by atomic mass is 35.5. The lowest BCUT2D eigenvalue weighted by atomic mass is 10.2. The topological polar surface area (TPSA) is 50.4 Å². The molecule has 1 heterocycles. The van der Waals surface area contributed by atoms with Crippen LogP contribution in [0.5, 0.6) is 5.75 Å². The molecule has 2 rings (SSSR count). The van der Waals surface area contributed by atoms with Gasteiger partial charge >= 0.3 is 0 Å². The fourth-order valence-electron chi connectivity index (χ4n) is 1.91. The number of ether oxygens (including phenoxy) is 1. The third kappa shape index (κ3) is 5.04. The van der Waals surface area contributed by atoms with Crippen molar-refractivity contribution in [2.24, 2.45) is 0 Å². The van der Waals surface area contributed by atoms with Gasteiger partial charge in [0, 0.05) is 0 Å². The second kappa shape index (κ2) is 7.96. The van der Waals surface area contributed by atoms with Gasteiger partial charge in [0.15, 0.2) is 0 Å². The van der Waals surface area contributed by atoms with E-state index in [4.69, 9.17) is 4.74 Å². The quantitative estimate of drug-likeness (QED) is 0.807. The number of nitrogens with one attached hydrogen (secondary N) is 2. The SMILES string of the molecule is Cl.O=C(NCCOc1ccc(F)cc1)C1CCCN1. The van der Waals surface area contributed by atoms with Gasteiger partial charge in [0.05, 0.1) is 12.6 Å². The molecule has 1 aromatic rings. The van der Waals surface area contributed by atoms with Gasteiger partial charge in [-0.25, -0.2) is 4.39 Å². The number of carbonyl (C=O) groups is 1. The van der Waals surface area contributed by atoms with Crippen molar-refractivity contribution in [1.82, 2.24) is 10.6 Å². The second-order valence-corrected chi connectivity index (χ2v) is 4.24. The van der Waals surface area contributed by atoms with Crippen molar-refractivity contribution in [2.45, 2.75) is 18.9 Å². The number of halogens is 2. The maximum Gasteiger partial charge on any atom is 0.237 e. The lowest BCUT2D eigenvalue weighted by molar-refractivity contribution is -0.122. The maximum absolute atomic E-state index is 12.6. The van der Waals surface area contributed by atoms with E-state index in [1.807, 2.05) is 0 Å². The first-order chi connectivity index (χ1) is 8.75. The Balaban J connectivity index is 0.00000180. The smallest absolute Gasteiger partial charge is 0.237 e. The van der Waals surface area contributed by atoms with Crippen LogP contribution in [0, 0.1) is 5.82 Å². The third-order valence-corrected chi connectivity index (χ3v) is 2.86. The van der Waals surface area contributed by atoms with E-state index in [2.05, 4.69) is 10.6 Å². The molecule has 0 radical (unpaired) electrons. The zero-order chi connectivity index (χ0) is 12.8. The molecule has 0 bridgehead atoms. The largest absolute Gasteiger partial charge is 0.492 e. The number of amides is 1. The first-order valence-corrected chi connectivity index (χ1v) is 6.15. The van der Waals surface area contributed by atoms with Crippen molar-refractivity contribution in [3.63, 3.8) is 0 Å². The summed E-state index contributed by atoms with van der Waals surface area (Å²) in [6.07, 6.45) is 1.94. The van der Waals surface area contributed by atoms with Crippen molar-refractivity contribution in [2.75, 3.05) is 19.7 Å². The Morgan fingerprint density at radius 2 is 2.16 bits per heavy atom. The second-order valence-electron chi connectivity index (χ2n) is 4.24. The molecule has 1 saturated heterocycles. The lowest BCUT2D eigenvalue weighted by Gasteiger charge is -2.11. The molecule has 1 unspecified atom stereocenters. The average Bonchev–Trinajstić information content (AvgIpc) is 2.90. The third-order valence-electron chi connectivity index (χ3n) is 2.86. The molecule has 1 fully saturated rings. The van der Waals surface area contributed by atoms with E-state index < -0.39 is 0 Å². The van der Waals surface area contributed by atoms with E-state index in [1.54, 1.807) is 12.1 Å². The number of hydrogen-bond donors (Lipinski definition) is 2. The highest BCUT2D eigenvalue weighted by Crippen LogP contribution is 2.10. The predicted molar refractivity (Wildman–Crippen MR) is 73.2 cm³/mol. The maximum atomic E-state index is 12.6. The number of carbonyl (C=O) groups excluding carboxylic acids is 1. The molecule has 106 valence electrons. The van der Waals surface area contributed by atoms with Gasteiger partial charge in [-0.1, -0.05) is 0 Å². The summed E-state index contributed by atoms with van der Waals surface area (Å²) < 4.78 is 18.0. The Kier molecular flexibility index (Phi) is 6.59. The Hall–Kier alpha value is -1.33. The normalized spacial score (nSPS) is 17.6. The molecule has 1 aliphatic rings. The molecule has 6 heteroatoms. The Bertz CT molecular complexity index is 394. The van der Waals surface area contributed by atoms with Crippen LogP contribution in [-0.2, 0) is 4.79 Å². The molecule has 0 spiro atoms. The summed E-state index contributed by atoms with van der Waals surface area (Å²) in [6, 6.07) is 5.76. The van der Waals surface area contributed by atoms with Crippen LogP contribution in [0.2, 0.25) is 0 Å². The summed E-state index contributed by atoms with van der Waals surface area (Å²) in [7, 11) is 0. The Morgan fingerprint density at radius 3 is 2.79 bits per heavy atom. The van der Waals surface area contributed by atoms with Crippen molar-refractivity contribution < 1.29 is 13.9 Å². The van der Waals surface area contributed by atoms with Crippen molar-refractivity contribution in [3.8, 4) is 5.75 Å². The number of hydrogen-bond acceptors (Lipinski definition) is 3. The molecule has 19 heavy (non-hydrogen) atoms. The molecule has 4 nitrogen and oxygen atoms in total. The van der Waals surface area contributed by atoms with E-state index >= 15 is 0 Å². The first-order valence-electron chi connectivity index (χ1n) is 6.15. The number of rotatable bonds is 5. The molecular formula is C13H18ClFN2O2. The summed E-state index contributed by atoms with van der Waals surface area (Å²) in [5.41, 5.74) is 0. The van der Waals surface area contributed by atoms with Gasteiger partial charge in [-0.2, -0.15) is 0 Å². The fourth-order valence-corrected chi connectivity index (χ4v) is 1.91. The van der Waals surface area contributed by atoms with E-state index in [0.717, 1.165) is 19.4 Å². The van der Waals surface area contributed by atoms with Crippen LogP contribution in [0.15, 0.2) is 24.3 Å². The van der Waals surface area contributed by atoms with Crippen LogP contribution in [0.1, 0.15) is 12.8 Å². The predicted octanol–water partition coefficient (Wildman–Crippen LogP) is 1.49. The van der Waals surface area contributed by atoms with Crippen LogP contribution in [0.4, 0.5) is 4.39 Å². The van der Waals surface area contributed by atoms with E-state index in [1.165, 1.54) is 12.1 Å². The van der Waals surface area contributed by atoms with Crippen molar-refractivity contribution >= 4 is 18.3 Å². The van der Waals surface area contributed by atoms with Crippen LogP contribution >= 0.6 is 12.4 Å². The van der Waals surface area contributed by atoms with Crippen molar-refractivity contribution in [3.05, 3.63) is 30.1 Å². The molecule has 1 aromatic carbocycles. The molecule has 1 amide bonds. The zero-order valence-corrected chi connectivity index (χ0v) is 11.3. The highest BCUT2D eigenvalue weighted by molar-refractivity contribution is 5.85. The van der Waals surface area contributed by atoms with E-state index in [-0.39, 0.29) is 30.2 Å². The summed E-state index contributed by atoms with van der Waals surface area (Å²) in [5, 5.41) is 5.93. The van der Waals surface area contributed by atoms with E-state index in [0.29, 0.717) is 18.9 Å². The summed E-state index contributed by atoms with van der Waals surface area (Å²) in [4.78, 5) is 11.6. The highest BCUT2D eigenvalue weighted by Gasteiger charge is 2.21. The monoisotopic (exact) mass is 288 g/mol. The molecule has 1 aliphatic heterocycles. The van der Waals surface area contributed by atoms with Gasteiger partial charge < -0.3 is 15.4 Å². The number of benzene rings is 1. The summed E-state index contributed by atoms with van der Waals surface area (Å²) in [5.74, 6) is 0.336. The molecule has 1 atom stereocenters. The van der Waals surface area contributed by atoms with Gasteiger partial charge in [0.25, 0.3) is 0 Å². The Morgan fingerprint density at radius 1 is 1.42 bits per heavy atom. The minimum Gasteiger partial charge on any atom is -0.492 e. The fraction of sp³-hybridized carbons (Fsp3) is 0.462. The van der Waals surface area contributed by atoms with Crippen LogP contribution in [-0.4, -0.2) is 31.6 Å². The van der Waals surface area contributed by atoms with Crippen LogP contribution < -0.4 is 15.4 Å². The van der Waals surface area contributed by atoms with Gasteiger partial charge in [-0.05, 0) is 43.7 Å². The van der Waals surface area contributed by atoms with Gasteiger partial charge in [0.2, 0.25) is 5.91 Å². The molecular weight excluding hydrogens is 271 g/mol. The first kappa shape index (κ1) is 15.7. The molecule has 0 aromatic heterocycles. The van der Waals surface area contributed by atoms with Gasteiger partial charge in [0.1, 0.15) is 18.2 Å².